The first-order valence-electron chi connectivity index (χ1n) is 8.35. The fourth-order valence-electron chi connectivity index (χ4n) is 2.62. The summed E-state index contributed by atoms with van der Waals surface area (Å²) in [4.78, 5) is 25.9. The number of nitrogens with two attached hydrogens (primary N) is 1. The molecule has 1 aromatic heterocycles. The van der Waals surface area contributed by atoms with Crippen molar-refractivity contribution in [3.63, 3.8) is 0 Å². The van der Waals surface area contributed by atoms with Gasteiger partial charge in [-0.3, -0.25) is 20.1 Å². The Morgan fingerprint density at radius 1 is 0.949 bits per heavy atom. The second-order valence-corrected chi connectivity index (χ2v) is 6.00. The van der Waals surface area contributed by atoms with E-state index in [4.69, 9.17) is 10.9 Å². The number of rotatable bonds is 5. The summed E-state index contributed by atoms with van der Waals surface area (Å²) < 4.78 is 0. The SMILES string of the molecule is C/C(=N\N=C(N)NO)c1ccc(NC(=O)c2cc3cccc([N+](=O)[O-])c3[nH]2)cc1.[CH3-].[K+].[K+].[K+].[K+].[K+].[K+].[K+].[K+].[K+]. The number of fused-ring (bicyclic) bond motifs is 1. The molecule has 0 unspecified atom stereocenters. The molecule has 0 aliphatic rings. The van der Waals surface area contributed by atoms with E-state index < -0.39 is 10.8 Å². The van der Waals surface area contributed by atoms with Crippen LogP contribution in [0.4, 0.5) is 11.4 Å². The normalized spacial score (nSPS) is 8.97. The molecule has 3 rings (SSSR count). The van der Waals surface area contributed by atoms with Crippen molar-refractivity contribution in [2.75, 3.05) is 5.32 Å². The van der Waals surface area contributed by atoms with E-state index in [0.29, 0.717) is 22.3 Å². The molecular weight excluding hydrogens is 742 g/mol. The van der Waals surface area contributed by atoms with Crippen molar-refractivity contribution in [1.82, 2.24) is 10.5 Å². The zero-order chi connectivity index (χ0) is 21.0. The van der Waals surface area contributed by atoms with Gasteiger partial charge in [0, 0.05) is 17.1 Å². The average Bonchev–Trinajstić information content (AvgIpc) is 3.16. The van der Waals surface area contributed by atoms with E-state index in [-0.39, 0.29) is 487 Å². The van der Waals surface area contributed by atoms with E-state index in [0.717, 1.165) is 5.56 Å². The molecule has 0 atom stereocenters. The van der Waals surface area contributed by atoms with Crippen molar-refractivity contribution in [1.29, 1.82) is 0 Å². The third kappa shape index (κ3) is 24.4. The number of hydrogen-bond donors (Lipinski definition) is 5. The Hall–Kier alpha value is 10.5. The van der Waals surface area contributed by atoms with Gasteiger partial charge in [-0.25, -0.2) is 5.48 Å². The Bertz CT molecular complexity index is 1160. The minimum Gasteiger partial charge on any atom is -0.367 e. The number of hydroxylamine groups is 1. The first-order valence-corrected chi connectivity index (χ1v) is 8.35. The Labute approximate surface area is 611 Å². The number of carbonyl (C=O) groups excluding carboxylic acids is 1. The zero-order valence-electron chi connectivity index (χ0n) is 25.2. The standard InChI is InChI=1S/C18H17N7O4.CH3.9K/c1-10(22-23-18(19)24-27)11-5-7-13(8-6-11)20-17(26)14-9-12-3-2-4-15(25(28)29)16(12)21-14;;;;;;;;;;/h2-9,21,27H,1H3,(H,20,26)(H3,19,23,24);1H3;;;;;;;;;/q;-1;9*+1/b22-10+;;;;;;;;;;. The maximum absolute atomic E-state index is 12.5. The largest absolute Gasteiger partial charge is 1.00 e. The molecule has 0 fully saturated rings. The summed E-state index contributed by atoms with van der Waals surface area (Å²) >= 11 is 0. The summed E-state index contributed by atoms with van der Waals surface area (Å²) in [5.74, 6) is -0.674. The third-order valence-corrected chi connectivity index (χ3v) is 4.06. The van der Waals surface area contributed by atoms with E-state index in [1.807, 2.05) is 0 Å². The van der Waals surface area contributed by atoms with Crippen LogP contribution in [-0.4, -0.2) is 32.7 Å². The molecule has 0 aliphatic heterocycles. The van der Waals surface area contributed by atoms with E-state index >= 15 is 0 Å². The van der Waals surface area contributed by atoms with Gasteiger partial charge in [-0.05, 0) is 30.7 Å². The number of amides is 1. The molecule has 3 aromatic rings. The number of nitrogens with one attached hydrogen (secondary N) is 3. The van der Waals surface area contributed by atoms with Gasteiger partial charge in [0.1, 0.15) is 11.2 Å². The predicted molar refractivity (Wildman–Crippen MR) is 115 cm³/mol. The van der Waals surface area contributed by atoms with Crippen molar-refractivity contribution in [2.24, 2.45) is 15.9 Å². The summed E-state index contributed by atoms with van der Waals surface area (Å²) in [7, 11) is 0. The number of non-ortho nitro benzene ring substituents is 1. The van der Waals surface area contributed by atoms with E-state index in [1.54, 1.807) is 54.9 Å². The van der Waals surface area contributed by atoms with Crippen molar-refractivity contribution in [3.05, 3.63) is 77.3 Å². The third-order valence-electron chi connectivity index (χ3n) is 4.06. The molecule has 1 heterocycles. The van der Waals surface area contributed by atoms with Gasteiger partial charge in [0.15, 0.2) is 0 Å². The molecular formula is C19H20K9N7O4+8. The molecule has 0 aliphatic carbocycles. The van der Waals surface area contributed by atoms with Crippen LogP contribution in [0.2, 0.25) is 0 Å². The monoisotopic (exact) mass is 761 g/mol. The molecule has 0 radical (unpaired) electrons. The molecule has 0 spiro atoms. The summed E-state index contributed by atoms with van der Waals surface area (Å²) in [5.41, 5.74) is 9.16. The summed E-state index contributed by atoms with van der Waals surface area (Å²) in [6.45, 7) is 1.71. The first-order chi connectivity index (χ1) is 13.9. The number of benzene rings is 2. The number of nitrogens with zero attached hydrogens (tertiary/aromatic N) is 3. The Morgan fingerprint density at radius 3 is 1.97 bits per heavy atom. The molecule has 0 saturated carbocycles. The van der Waals surface area contributed by atoms with Crippen LogP contribution in [0.1, 0.15) is 23.0 Å². The van der Waals surface area contributed by atoms with E-state index in [9.17, 15) is 14.9 Å². The number of aromatic nitrogens is 1. The van der Waals surface area contributed by atoms with Gasteiger partial charge in [0.2, 0.25) is 5.96 Å². The molecule has 2 aromatic carbocycles. The topological polar surface area (TPSA) is 171 Å². The number of hydrogen-bond acceptors (Lipinski definition) is 6. The van der Waals surface area contributed by atoms with Gasteiger partial charge >= 0.3 is 462 Å². The number of nitro benzene ring substituents is 1. The van der Waals surface area contributed by atoms with Crippen LogP contribution in [-0.2, 0) is 0 Å². The quantitative estimate of drug-likeness (QED) is 0.0432. The minimum atomic E-state index is -0.503. The second kappa shape index (κ2) is 38.2. The molecule has 0 bridgehead atoms. The number of carbonyl (C=O) groups is 1. The van der Waals surface area contributed by atoms with Crippen LogP contribution in [0, 0.1) is 17.5 Å². The van der Waals surface area contributed by atoms with Crippen molar-refractivity contribution >= 4 is 39.9 Å². The van der Waals surface area contributed by atoms with Crippen LogP contribution in [0.3, 0.4) is 0 Å². The number of para-hydroxylation sites is 1. The molecule has 20 heteroatoms. The van der Waals surface area contributed by atoms with Crippen LogP contribution >= 0.6 is 0 Å². The summed E-state index contributed by atoms with van der Waals surface area (Å²) in [6, 6.07) is 13.0. The second-order valence-electron chi connectivity index (χ2n) is 6.00. The van der Waals surface area contributed by atoms with Crippen LogP contribution in [0.15, 0.2) is 58.7 Å². The minimum absolute atomic E-state index is 0. The van der Waals surface area contributed by atoms with Gasteiger partial charge in [-0.2, -0.15) is 5.10 Å². The smallest absolute Gasteiger partial charge is 0.367 e. The van der Waals surface area contributed by atoms with Gasteiger partial charge in [0.05, 0.1) is 10.6 Å². The fraction of sp³-hybridized carbons (Fsp3) is 0.0526. The Kier molecular flexibility index (Phi) is 66.2. The molecule has 0 saturated heterocycles. The predicted octanol–water partition coefficient (Wildman–Crippen LogP) is -24.2. The Morgan fingerprint density at radius 2 is 1.49 bits per heavy atom. The maximum atomic E-state index is 12.5. The van der Waals surface area contributed by atoms with Crippen molar-refractivity contribution in [3.8, 4) is 0 Å². The number of guanidine groups is 1. The summed E-state index contributed by atoms with van der Waals surface area (Å²) in [5, 5.41) is 30.4. The number of nitro groups is 1. The number of H-pyrrole nitrogens is 1. The molecule has 11 nitrogen and oxygen atoms in total. The van der Waals surface area contributed by atoms with Gasteiger partial charge < -0.3 is 23.5 Å². The maximum Gasteiger partial charge on any atom is 1.00 e. The molecule has 6 N–H and O–H groups in total. The van der Waals surface area contributed by atoms with Crippen LogP contribution in [0.5, 0.6) is 0 Å². The van der Waals surface area contributed by atoms with E-state index in [2.05, 4.69) is 20.5 Å². The molecule has 1 amide bonds. The van der Waals surface area contributed by atoms with Crippen LogP contribution < -0.4 is 479 Å². The first kappa shape index (κ1) is 67.6. The van der Waals surface area contributed by atoms with Crippen LogP contribution in [0.25, 0.3) is 10.9 Å². The van der Waals surface area contributed by atoms with E-state index in [1.165, 1.54) is 6.07 Å². The molecule has 39 heavy (non-hydrogen) atoms. The fourth-order valence-corrected chi connectivity index (χ4v) is 2.62. The van der Waals surface area contributed by atoms with Gasteiger partial charge in [-0.15, -0.1) is 5.10 Å². The van der Waals surface area contributed by atoms with Gasteiger partial charge in [0.25, 0.3) is 11.6 Å². The zero-order valence-corrected chi connectivity index (χ0v) is 53.3. The summed E-state index contributed by atoms with van der Waals surface area (Å²) in [6.07, 6.45) is 0. The Balaban J connectivity index is -0.000000160. The average molecular weight is 762 g/mol. The van der Waals surface area contributed by atoms with Gasteiger partial charge in [-0.1, -0.05) is 24.3 Å². The molecule has 156 valence electrons. The van der Waals surface area contributed by atoms with Crippen molar-refractivity contribution < 1.29 is 477 Å². The van der Waals surface area contributed by atoms with Crippen molar-refractivity contribution in [2.45, 2.75) is 6.92 Å². The number of anilines is 1. The number of aromatic amines is 1.